The van der Waals surface area contributed by atoms with Gasteiger partial charge in [0.1, 0.15) is 5.75 Å². The molecule has 0 aliphatic heterocycles. The average molecular weight is 483 g/mol. The summed E-state index contributed by atoms with van der Waals surface area (Å²) in [5.41, 5.74) is -0.211. The summed E-state index contributed by atoms with van der Waals surface area (Å²) in [5.74, 6) is -0.170. The Labute approximate surface area is 192 Å². The van der Waals surface area contributed by atoms with Gasteiger partial charge in [-0.1, -0.05) is 35.6 Å². The zero-order valence-corrected chi connectivity index (χ0v) is 17.8. The van der Waals surface area contributed by atoms with E-state index in [1.807, 2.05) is 18.2 Å². The highest BCUT2D eigenvalue weighted by atomic mass is 32.1. The van der Waals surface area contributed by atoms with Gasteiger partial charge < -0.3 is 4.74 Å². The van der Waals surface area contributed by atoms with E-state index in [1.54, 1.807) is 24.3 Å². The van der Waals surface area contributed by atoms with E-state index in [2.05, 4.69) is 4.98 Å². The Morgan fingerprint density at radius 2 is 1.85 bits per heavy atom. The predicted molar refractivity (Wildman–Crippen MR) is 120 cm³/mol. The molecule has 0 aliphatic rings. The second-order valence-electron chi connectivity index (χ2n) is 7.25. The van der Waals surface area contributed by atoms with Crippen LogP contribution in [-0.2, 0) is 6.18 Å². The molecular weight excluding hydrogens is 471 g/mol. The average Bonchev–Trinajstić information content (AvgIpc) is 3.29. The Bertz CT molecular complexity index is 1690. The van der Waals surface area contributed by atoms with Crippen LogP contribution >= 0.6 is 11.3 Å². The number of nitro benzene ring substituents is 1. The number of benzene rings is 3. The van der Waals surface area contributed by atoms with Crippen molar-refractivity contribution < 1.29 is 22.8 Å². The third-order valence-corrected chi connectivity index (χ3v) is 5.98. The summed E-state index contributed by atoms with van der Waals surface area (Å²) in [6.07, 6.45) is -3.09. The first-order valence-corrected chi connectivity index (χ1v) is 10.6. The normalized spacial score (nSPS) is 12.5. The number of alkyl halides is 3. The highest BCUT2D eigenvalue weighted by Crippen LogP contribution is 2.38. The number of thiazole rings is 1. The SMILES string of the molecule is O=c1/c(=C/c2cccc(Oc3ccc(C(F)(F)F)cc3[N+](=O)[O-])c2)sc2nc3ccccc3n12. The number of fused-ring (bicyclic) bond motifs is 3. The highest BCUT2D eigenvalue weighted by Gasteiger charge is 2.33. The van der Waals surface area contributed by atoms with Crippen molar-refractivity contribution in [2.24, 2.45) is 0 Å². The van der Waals surface area contributed by atoms with Gasteiger partial charge in [-0.05, 0) is 48.0 Å². The summed E-state index contributed by atoms with van der Waals surface area (Å²) in [6.45, 7) is 0. The number of para-hydroxylation sites is 2. The molecule has 0 spiro atoms. The molecule has 0 bridgehead atoms. The minimum absolute atomic E-state index is 0.163. The van der Waals surface area contributed by atoms with E-state index < -0.39 is 22.4 Å². The van der Waals surface area contributed by atoms with Crippen molar-refractivity contribution in [3.8, 4) is 11.5 Å². The van der Waals surface area contributed by atoms with Gasteiger partial charge in [-0.3, -0.25) is 14.9 Å². The molecule has 3 aromatic carbocycles. The maximum atomic E-state index is 12.9. The molecule has 0 fully saturated rings. The summed E-state index contributed by atoms with van der Waals surface area (Å²) in [4.78, 5) is 28.3. The first-order chi connectivity index (χ1) is 16.2. The Morgan fingerprint density at radius 3 is 2.62 bits per heavy atom. The molecule has 0 amide bonds. The molecular formula is C23H12F3N3O4S. The van der Waals surface area contributed by atoms with Crippen molar-refractivity contribution in [3.63, 3.8) is 0 Å². The molecule has 0 aliphatic carbocycles. The molecule has 0 unspecified atom stereocenters. The number of aromatic nitrogens is 2. The number of rotatable bonds is 4. The van der Waals surface area contributed by atoms with Crippen LogP contribution in [0.4, 0.5) is 18.9 Å². The zero-order chi connectivity index (χ0) is 24.0. The maximum Gasteiger partial charge on any atom is 0.416 e. The van der Waals surface area contributed by atoms with Gasteiger partial charge in [0.15, 0.2) is 4.96 Å². The molecule has 5 rings (SSSR count). The van der Waals surface area contributed by atoms with Crippen molar-refractivity contribution in [3.05, 3.63) is 103 Å². The monoisotopic (exact) mass is 483 g/mol. The van der Waals surface area contributed by atoms with Gasteiger partial charge in [0.2, 0.25) is 5.75 Å². The predicted octanol–water partition coefficient (Wildman–Crippen LogP) is 5.18. The molecule has 2 aromatic heterocycles. The third-order valence-electron chi connectivity index (χ3n) is 5.01. The van der Waals surface area contributed by atoms with Crippen LogP contribution in [0.3, 0.4) is 0 Å². The van der Waals surface area contributed by atoms with Crippen LogP contribution in [0.5, 0.6) is 11.5 Å². The number of halogens is 3. The fraction of sp³-hybridized carbons (Fsp3) is 0.0435. The van der Waals surface area contributed by atoms with Gasteiger partial charge in [-0.2, -0.15) is 13.2 Å². The van der Waals surface area contributed by atoms with E-state index in [9.17, 15) is 28.1 Å². The van der Waals surface area contributed by atoms with Gasteiger partial charge in [-0.25, -0.2) is 9.38 Å². The molecule has 0 atom stereocenters. The van der Waals surface area contributed by atoms with E-state index in [0.29, 0.717) is 38.2 Å². The topological polar surface area (TPSA) is 86.7 Å². The molecule has 11 heteroatoms. The molecule has 34 heavy (non-hydrogen) atoms. The lowest BCUT2D eigenvalue weighted by Crippen LogP contribution is -2.22. The number of ether oxygens (including phenoxy) is 1. The van der Waals surface area contributed by atoms with Gasteiger partial charge in [-0.15, -0.1) is 0 Å². The van der Waals surface area contributed by atoms with Crippen LogP contribution in [0.1, 0.15) is 11.1 Å². The standard InChI is InChI=1S/C23H12F3N3O4S/c24-23(25,26)14-8-9-19(18(12-14)29(31)32)33-15-5-3-4-13(10-15)11-20-21(30)28-17-7-2-1-6-16(17)27-22(28)34-20/h1-12H/b20-11-. The van der Waals surface area contributed by atoms with Crippen molar-refractivity contribution >= 4 is 39.1 Å². The molecule has 2 heterocycles. The van der Waals surface area contributed by atoms with Crippen LogP contribution in [0.2, 0.25) is 0 Å². The van der Waals surface area contributed by atoms with Crippen molar-refractivity contribution in [2.45, 2.75) is 6.18 Å². The molecule has 0 N–H and O–H groups in total. The summed E-state index contributed by atoms with van der Waals surface area (Å²) in [5, 5.41) is 11.3. The Morgan fingerprint density at radius 1 is 1.06 bits per heavy atom. The number of nitro groups is 1. The first-order valence-electron chi connectivity index (χ1n) is 9.76. The summed E-state index contributed by atoms with van der Waals surface area (Å²) < 4.78 is 46.2. The van der Waals surface area contributed by atoms with Crippen LogP contribution < -0.4 is 14.8 Å². The Hall–Kier alpha value is -4.25. The van der Waals surface area contributed by atoms with Crippen LogP contribution in [0.25, 0.3) is 22.1 Å². The fourth-order valence-corrected chi connectivity index (χ4v) is 4.47. The van der Waals surface area contributed by atoms with Crippen LogP contribution in [-0.4, -0.2) is 14.3 Å². The van der Waals surface area contributed by atoms with Gasteiger partial charge in [0.05, 0.1) is 26.1 Å². The number of hydrogen-bond acceptors (Lipinski definition) is 6. The molecule has 170 valence electrons. The highest BCUT2D eigenvalue weighted by molar-refractivity contribution is 7.15. The van der Waals surface area contributed by atoms with E-state index in [1.165, 1.54) is 27.9 Å². The molecule has 5 aromatic rings. The lowest BCUT2D eigenvalue weighted by Gasteiger charge is -2.10. The lowest BCUT2D eigenvalue weighted by molar-refractivity contribution is -0.385. The number of imidazole rings is 1. The molecule has 7 nitrogen and oxygen atoms in total. The van der Waals surface area contributed by atoms with E-state index in [-0.39, 0.29) is 17.1 Å². The quantitative estimate of drug-likeness (QED) is 0.260. The van der Waals surface area contributed by atoms with Gasteiger partial charge in [0, 0.05) is 6.07 Å². The van der Waals surface area contributed by atoms with Gasteiger partial charge in [0.25, 0.3) is 5.56 Å². The van der Waals surface area contributed by atoms with E-state index in [0.717, 1.165) is 6.07 Å². The minimum Gasteiger partial charge on any atom is -0.450 e. The number of hydrogen-bond donors (Lipinski definition) is 0. The number of nitrogens with zero attached hydrogens (tertiary/aromatic N) is 3. The largest absolute Gasteiger partial charge is 0.450 e. The van der Waals surface area contributed by atoms with Gasteiger partial charge >= 0.3 is 11.9 Å². The van der Waals surface area contributed by atoms with Crippen LogP contribution in [0.15, 0.2) is 71.5 Å². The molecule has 0 radical (unpaired) electrons. The lowest BCUT2D eigenvalue weighted by atomic mass is 10.1. The summed E-state index contributed by atoms with van der Waals surface area (Å²) in [7, 11) is 0. The smallest absolute Gasteiger partial charge is 0.416 e. The fourth-order valence-electron chi connectivity index (χ4n) is 3.48. The minimum atomic E-state index is -4.72. The van der Waals surface area contributed by atoms with Crippen LogP contribution in [0, 0.1) is 10.1 Å². The maximum absolute atomic E-state index is 12.9. The first kappa shape index (κ1) is 21.6. The molecule has 0 saturated heterocycles. The van der Waals surface area contributed by atoms with Crippen molar-refractivity contribution in [1.82, 2.24) is 9.38 Å². The summed E-state index contributed by atoms with van der Waals surface area (Å²) >= 11 is 1.21. The molecule has 0 saturated carbocycles. The Kier molecular flexibility index (Phi) is 5.05. The second-order valence-corrected chi connectivity index (χ2v) is 8.26. The second kappa shape index (κ2) is 7.96. The van der Waals surface area contributed by atoms with E-state index >= 15 is 0 Å². The Balaban J connectivity index is 1.52. The van der Waals surface area contributed by atoms with Crippen molar-refractivity contribution in [1.29, 1.82) is 0 Å². The van der Waals surface area contributed by atoms with E-state index in [4.69, 9.17) is 4.74 Å². The zero-order valence-electron chi connectivity index (χ0n) is 16.9. The summed E-state index contributed by atoms with van der Waals surface area (Å²) in [6, 6.07) is 15.7. The van der Waals surface area contributed by atoms with Crippen molar-refractivity contribution in [2.75, 3.05) is 0 Å². The third kappa shape index (κ3) is 3.86.